The molecule has 24 heavy (non-hydrogen) atoms. The van der Waals surface area contributed by atoms with Crippen LogP contribution in [0.15, 0.2) is 48.5 Å². The number of carbonyl (C=O) groups excluding carboxylic acids is 1. The summed E-state index contributed by atoms with van der Waals surface area (Å²) in [5.41, 5.74) is 3.44. The van der Waals surface area contributed by atoms with Crippen LogP contribution in [0.25, 0.3) is 10.9 Å². The van der Waals surface area contributed by atoms with Gasteiger partial charge in [-0.1, -0.05) is 24.3 Å². The van der Waals surface area contributed by atoms with E-state index in [1.807, 2.05) is 45.0 Å². The Balaban J connectivity index is 1.98. The van der Waals surface area contributed by atoms with Crippen molar-refractivity contribution in [3.63, 3.8) is 0 Å². The lowest BCUT2D eigenvalue weighted by Gasteiger charge is -2.24. The van der Waals surface area contributed by atoms with E-state index in [4.69, 9.17) is 5.26 Å². The Morgan fingerprint density at radius 2 is 1.92 bits per heavy atom. The van der Waals surface area contributed by atoms with Crippen molar-refractivity contribution in [2.75, 3.05) is 5.32 Å². The molecule has 0 bridgehead atoms. The highest BCUT2D eigenvalue weighted by Crippen LogP contribution is 2.34. The molecule has 0 unspecified atom stereocenters. The van der Waals surface area contributed by atoms with Crippen LogP contribution >= 0.6 is 0 Å². The van der Waals surface area contributed by atoms with Gasteiger partial charge in [0.2, 0.25) is 5.91 Å². The number of nitrogens with zero attached hydrogens (tertiary/aromatic N) is 1. The highest BCUT2D eigenvalue weighted by molar-refractivity contribution is 6.02. The highest BCUT2D eigenvalue weighted by Gasteiger charge is 2.34. The Labute approximate surface area is 141 Å². The van der Waals surface area contributed by atoms with Crippen molar-refractivity contribution >= 4 is 22.5 Å². The third-order valence-corrected chi connectivity index (χ3v) is 4.34. The summed E-state index contributed by atoms with van der Waals surface area (Å²) >= 11 is 0. The maximum Gasteiger partial charge on any atom is 0.234 e. The molecule has 4 nitrogen and oxygen atoms in total. The number of hydrogen-bond acceptors (Lipinski definition) is 2. The molecule has 0 saturated heterocycles. The summed E-state index contributed by atoms with van der Waals surface area (Å²) in [5, 5.41) is 13.0. The van der Waals surface area contributed by atoms with Crippen molar-refractivity contribution < 1.29 is 4.79 Å². The predicted octanol–water partition coefficient (Wildman–Crippen LogP) is 4.26. The van der Waals surface area contributed by atoms with Gasteiger partial charge >= 0.3 is 0 Å². The van der Waals surface area contributed by atoms with E-state index in [2.05, 4.69) is 16.4 Å². The minimum absolute atomic E-state index is 0.106. The van der Waals surface area contributed by atoms with Gasteiger partial charge in [0.1, 0.15) is 0 Å². The summed E-state index contributed by atoms with van der Waals surface area (Å²) in [6, 6.07) is 17.0. The fourth-order valence-electron chi connectivity index (χ4n) is 3.15. The quantitative estimate of drug-likeness (QED) is 0.757. The number of aromatic amines is 1. The van der Waals surface area contributed by atoms with Crippen LogP contribution in [0, 0.1) is 18.3 Å². The minimum atomic E-state index is -0.716. The van der Waals surface area contributed by atoms with Crippen molar-refractivity contribution in [2.24, 2.45) is 0 Å². The highest BCUT2D eigenvalue weighted by atomic mass is 16.2. The van der Waals surface area contributed by atoms with E-state index >= 15 is 0 Å². The molecule has 0 saturated carbocycles. The molecule has 0 aliphatic carbocycles. The fraction of sp³-hybridized carbons (Fsp3) is 0.200. The van der Waals surface area contributed by atoms with Gasteiger partial charge in [-0.05, 0) is 50.6 Å². The molecule has 0 fully saturated rings. The number of amides is 1. The molecule has 0 aliphatic heterocycles. The third kappa shape index (κ3) is 2.65. The number of benzene rings is 2. The van der Waals surface area contributed by atoms with Crippen LogP contribution in [0.2, 0.25) is 0 Å². The van der Waals surface area contributed by atoms with Gasteiger partial charge in [0.15, 0.2) is 0 Å². The smallest absolute Gasteiger partial charge is 0.234 e. The molecular weight excluding hydrogens is 298 g/mol. The zero-order valence-electron chi connectivity index (χ0n) is 14.0. The number of carbonyl (C=O) groups is 1. The second-order valence-corrected chi connectivity index (χ2v) is 6.44. The molecule has 3 aromatic rings. The molecule has 0 atom stereocenters. The number of aryl methyl sites for hydroxylation is 1. The fourth-order valence-corrected chi connectivity index (χ4v) is 3.15. The van der Waals surface area contributed by atoms with E-state index in [0.29, 0.717) is 11.3 Å². The first kappa shape index (κ1) is 15.8. The maximum atomic E-state index is 12.9. The van der Waals surface area contributed by atoms with Crippen LogP contribution in [0.4, 0.5) is 5.69 Å². The standard InChI is InChI=1S/C20H19N3O/c1-13-18(16-9-4-5-10-17(16)22-13)20(2,3)19(24)23-15-8-6-7-14(11-15)12-21/h4-11,22H,1-3H3,(H,23,24). The van der Waals surface area contributed by atoms with Gasteiger partial charge in [-0.25, -0.2) is 0 Å². The molecule has 2 aromatic carbocycles. The Bertz CT molecular complexity index is 960. The Hall–Kier alpha value is -3.06. The van der Waals surface area contributed by atoms with E-state index in [-0.39, 0.29) is 5.91 Å². The van der Waals surface area contributed by atoms with E-state index < -0.39 is 5.41 Å². The predicted molar refractivity (Wildman–Crippen MR) is 95.8 cm³/mol. The topological polar surface area (TPSA) is 68.7 Å². The lowest BCUT2D eigenvalue weighted by molar-refractivity contribution is -0.120. The first-order valence-corrected chi connectivity index (χ1v) is 7.83. The zero-order valence-corrected chi connectivity index (χ0v) is 14.0. The summed E-state index contributed by atoms with van der Waals surface area (Å²) in [7, 11) is 0. The molecule has 1 aromatic heterocycles. The number of anilines is 1. The summed E-state index contributed by atoms with van der Waals surface area (Å²) in [6.07, 6.45) is 0. The number of H-pyrrole nitrogens is 1. The lowest BCUT2D eigenvalue weighted by Crippen LogP contribution is -2.35. The van der Waals surface area contributed by atoms with Crippen molar-refractivity contribution in [1.29, 1.82) is 5.26 Å². The van der Waals surface area contributed by atoms with Gasteiger partial charge in [-0.3, -0.25) is 4.79 Å². The molecular formula is C20H19N3O. The molecule has 1 amide bonds. The second kappa shape index (κ2) is 5.86. The second-order valence-electron chi connectivity index (χ2n) is 6.44. The van der Waals surface area contributed by atoms with Gasteiger partial charge in [0.25, 0.3) is 0 Å². The van der Waals surface area contributed by atoms with Gasteiger partial charge < -0.3 is 10.3 Å². The van der Waals surface area contributed by atoms with E-state index in [9.17, 15) is 4.79 Å². The zero-order chi connectivity index (χ0) is 17.3. The van der Waals surface area contributed by atoms with Crippen molar-refractivity contribution in [3.05, 3.63) is 65.4 Å². The number of aromatic nitrogens is 1. The molecule has 0 aliphatic rings. The first-order valence-electron chi connectivity index (χ1n) is 7.83. The molecule has 120 valence electrons. The van der Waals surface area contributed by atoms with Gasteiger partial charge in [-0.15, -0.1) is 0 Å². The van der Waals surface area contributed by atoms with Crippen LogP contribution in [-0.2, 0) is 10.2 Å². The SMILES string of the molecule is Cc1[nH]c2ccccc2c1C(C)(C)C(=O)Nc1cccc(C#N)c1. The summed E-state index contributed by atoms with van der Waals surface area (Å²) < 4.78 is 0. The number of para-hydroxylation sites is 1. The first-order chi connectivity index (χ1) is 11.4. The number of nitrogens with one attached hydrogen (secondary N) is 2. The number of rotatable bonds is 3. The Kier molecular flexibility index (Phi) is 3.86. The molecule has 4 heteroatoms. The summed E-state index contributed by atoms with van der Waals surface area (Å²) in [6.45, 7) is 5.82. The van der Waals surface area contributed by atoms with Crippen molar-refractivity contribution in [3.8, 4) is 6.07 Å². The molecule has 2 N–H and O–H groups in total. The average molecular weight is 317 g/mol. The van der Waals surface area contributed by atoms with Crippen LogP contribution in [0.3, 0.4) is 0 Å². The van der Waals surface area contributed by atoms with E-state index in [0.717, 1.165) is 22.2 Å². The van der Waals surface area contributed by atoms with Crippen molar-refractivity contribution in [1.82, 2.24) is 4.98 Å². The average Bonchev–Trinajstić information content (AvgIpc) is 2.91. The number of fused-ring (bicyclic) bond motifs is 1. The van der Waals surface area contributed by atoms with Gasteiger partial charge in [0, 0.05) is 22.3 Å². The lowest BCUT2D eigenvalue weighted by atomic mass is 9.81. The minimum Gasteiger partial charge on any atom is -0.358 e. The molecule has 3 rings (SSSR count). The monoisotopic (exact) mass is 317 g/mol. The Morgan fingerprint density at radius 3 is 2.67 bits per heavy atom. The van der Waals surface area contributed by atoms with Gasteiger partial charge in [0.05, 0.1) is 17.0 Å². The largest absolute Gasteiger partial charge is 0.358 e. The van der Waals surface area contributed by atoms with Crippen molar-refractivity contribution in [2.45, 2.75) is 26.2 Å². The molecule has 1 heterocycles. The van der Waals surface area contributed by atoms with Crippen LogP contribution in [-0.4, -0.2) is 10.9 Å². The summed E-state index contributed by atoms with van der Waals surface area (Å²) in [4.78, 5) is 16.3. The van der Waals surface area contributed by atoms with Crippen LogP contribution in [0.1, 0.15) is 30.7 Å². The number of nitriles is 1. The van der Waals surface area contributed by atoms with Crippen LogP contribution in [0.5, 0.6) is 0 Å². The van der Waals surface area contributed by atoms with Crippen LogP contribution < -0.4 is 5.32 Å². The normalized spacial score (nSPS) is 11.2. The maximum absolute atomic E-state index is 12.9. The summed E-state index contributed by atoms with van der Waals surface area (Å²) in [5.74, 6) is -0.106. The number of hydrogen-bond donors (Lipinski definition) is 2. The third-order valence-electron chi connectivity index (χ3n) is 4.34. The molecule has 0 spiro atoms. The van der Waals surface area contributed by atoms with Gasteiger partial charge in [-0.2, -0.15) is 5.26 Å². The molecule has 0 radical (unpaired) electrons. The Morgan fingerprint density at radius 1 is 1.17 bits per heavy atom. The van der Waals surface area contributed by atoms with E-state index in [1.54, 1.807) is 24.3 Å². The van der Waals surface area contributed by atoms with E-state index in [1.165, 1.54) is 0 Å².